The summed E-state index contributed by atoms with van der Waals surface area (Å²) in [6.07, 6.45) is 1.64. The quantitative estimate of drug-likeness (QED) is 0.833. The molecule has 2 heterocycles. The largest absolute Gasteiger partial charge is 0.472 e. The van der Waals surface area contributed by atoms with Gasteiger partial charge < -0.3 is 15.0 Å². The molecule has 138 valence electrons. The van der Waals surface area contributed by atoms with E-state index in [1.165, 1.54) is 0 Å². The molecule has 1 N–H and O–H groups in total. The number of hydrogen-bond donors (Lipinski definition) is 1. The summed E-state index contributed by atoms with van der Waals surface area (Å²) >= 11 is 11.9. The Morgan fingerprint density at radius 3 is 2.77 bits per heavy atom. The van der Waals surface area contributed by atoms with E-state index in [9.17, 15) is 4.79 Å². The zero-order valence-corrected chi connectivity index (χ0v) is 16.1. The molecule has 0 saturated carbocycles. The summed E-state index contributed by atoms with van der Waals surface area (Å²) in [6.45, 7) is 4.90. The number of halogens is 2. The fourth-order valence-corrected chi connectivity index (χ4v) is 3.21. The van der Waals surface area contributed by atoms with Crippen LogP contribution < -0.4 is 10.1 Å². The van der Waals surface area contributed by atoms with Crippen molar-refractivity contribution in [2.24, 2.45) is 0 Å². The third-order valence-electron chi connectivity index (χ3n) is 4.07. The summed E-state index contributed by atoms with van der Waals surface area (Å²) in [7, 11) is 0. The maximum atomic E-state index is 12.5. The van der Waals surface area contributed by atoms with Crippen molar-refractivity contribution in [3.63, 3.8) is 0 Å². The second-order valence-electron chi connectivity index (χ2n) is 6.28. The van der Waals surface area contributed by atoms with E-state index in [4.69, 9.17) is 27.9 Å². The molecule has 6 nitrogen and oxygen atoms in total. The molecule has 1 aliphatic rings. The van der Waals surface area contributed by atoms with Gasteiger partial charge in [-0.2, -0.15) is 4.98 Å². The second kappa shape index (κ2) is 8.10. The lowest BCUT2D eigenvalue weighted by molar-refractivity contribution is 0.102. The average Bonchev–Trinajstić information content (AvgIpc) is 2.57. The maximum absolute atomic E-state index is 12.5. The molecule has 1 atom stereocenters. The van der Waals surface area contributed by atoms with E-state index in [0.29, 0.717) is 40.5 Å². The van der Waals surface area contributed by atoms with Gasteiger partial charge in [-0.1, -0.05) is 23.2 Å². The highest BCUT2D eigenvalue weighted by Gasteiger charge is 2.25. The minimum atomic E-state index is -0.188. The maximum Gasteiger partial charge on any atom is 0.321 e. The first kappa shape index (κ1) is 18.7. The molecule has 3 rings (SSSR count). The first-order valence-electron chi connectivity index (χ1n) is 8.40. The molecular weight excluding hydrogens is 375 g/mol. The van der Waals surface area contributed by atoms with Crippen molar-refractivity contribution in [1.82, 2.24) is 14.9 Å². The predicted molar refractivity (Wildman–Crippen MR) is 102 cm³/mol. The van der Waals surface area contributed by atoms with Crippen LogP contribution in [0.25, 0.3) is 0 Å². The number of piperidine rings is 1. The van der Waals surface area contributed by atoms with Crippen LogP contribution in [-0.2, 0) is 0 Å². The van der Waals surface area contributed by atoms with E-state index in [1.54, 1.807) is 23.1 Å². The highest BCUT2D eigenvalue weighted by atomic mass is 35.5. The van der Waals surface area contributed by atoms with Gasteiger partial charge in [0.05, 0.1) is 16.6 Å². The molecule has 0 bridgehead atoms. The van der Waals surface area contributed by atoms with Crippen molar-refractivity contribution >= 4 is 34.9 Å². The monoisotopic (exact) mass is 394 g/mol. The van der Waals surface area contributed by atoms with E-state index in [1.807, 2.05) is 19.9 Å². The number of aryl methyl sites for hydroxylation is 2. The van der Waals surface area contributed by atoms with Crippen LogP contribution in [0.1, 0.15) is 24.4 Å². The Morgan fingerprint density at radius 1 is 1.23 bits per heavy atom. The second-order valence-corrected chi connectivity index (χ2v) is 7.10. The first-order valence-corrected chi connectivity index (χ1v) is 9.16. The fourth-order valence-electron chi connectivity index (χ4n) is 2.91. The van der Waals surface area contributed by atoms with Gasteiger partial charge in [-0.15, -0.1) is 0 Å². The molecule has 1 unspecified atom stereocenters. The Bertz CT molecular complexity index is 796. The van der Waals surface area contributed by atoms with Gasteiger partial charge in [0.25, 0.3) is 0 Å². The zero-order valence-electron chi connectivity index (χ0n) is 14.6. The number of hydrogen-bond acceptors (Lipinski definition) is 4. The Kier molecular flexibility index (Phi) is 5.84. The van der Waals surface area contributed by atoms with Crippen LogP contribution in [0.5, 0.6) is 5.88 Å². The Morgan fingerprint density at radius 2 is 2.04 bits per heavy atom. The Labute approximate surface area is 162 Å². The van der Waals surface area contributed by atoms with Crippen LogP contribution in [0.3, 0.4) is 0 Å². The molecule has 26 heavy (non-hydrogen) atoms. The average molecular weight is 395 g/mol. The van der Waals surface area contributed by atoms with Crippen molar-refractivity contribution < 1.29 is 9.53 Å². The molecule has 1 aromatic heterocycles. The topological polar surface area (TPSA) is 67.3 Å². The molecule has 2 aromatic rings. The molecule has 8 heteroatoms. The minimum Gasteiger partial charge on any atom is -0.472 e. The van der Waals surface area contributed by atoms with Crippen molar-refractivity contribution in [2.45, 2.75) is 32.8 Å². The van der Waals surface area contributed by atoms with Gasteiger partial charge in [-0.05, 0) is 44.9 Å². The van der Waals surface area contributed by atoms with E-state index in [0.717, 1.165) is 18.5 Å². The van der Waals surface area contributed by atoms with E-state index in [-0.39, 0.29) is 12.1 Å². The highest BCUT2D eigenvalue weighted by molar-refractivity contribution is 6.42. The number of nitrogens with one attached hydrogen (secondary N) is 1. The van der Waals surface area contributed by atoms with Gasteiger partial charge in [-0.25, -0.2) is 9.78 Å². The number of carbonyl (C=O) groups is 1. The van der Waals surface area contributed by atoms with Crippen LogP contribution in [0.2, 0.25) is 10.0 Å². The fraction of sp³-hybridized carbons (Fsp3) is 0.389. The van der Waals surface area contributed by atoms with Crippen molar-refractivity contribution in [1.29, 1.82) is 0 Å². The molecule has 1 aromatic carbocycles. The van der Waals surface area contributed by atoms with Crippen LogP contribution >= 0.6 is 23.2 Å². The number of likely N-dealkylation sites (tertiary alicyclic amines) is 1. The van der Waals surface area contributed by atoms with Crippen LogP contribution in [0, 0.1) is 13.8 Å². The number of anilines is 1. The van der Waals surface area contributed by atoms with Gasteiger partial charge in [0.2, 0.25) is 5.88 Å². The molecular formula is C18H20Cl2N4O2. The molecule has 0 spiro atoms. The molecule has 0 aliphatic carbocycles. The minimum absolute atomic E-state index is 0.1000. The van der Waals surface area contributed by atoms with Crippen molar-refractivity contribution in [3.8, 4) is 5.88 Å². The van der Waals surface area contributed by atoms with Gasteiger partial charge in [-0.3, -0.25) is 0 Å². The Balaban J connectivity index is 1.62. The van der Waals surface area contributed by atoms with Crippen LogP contribution in [-0.4, -0.2) is 40.1 Å². The normalized spacial score (nSPS) is 17.1. The number of benzene rings is 1. The summed E-state index contributed by atoms with van der Waals surface area (Å²) in [5.41, 5.74) is 1.46. The van der Waals surface area contributed by atoms with Gasteiger partial charge in [0.15, 0.2) is 0 Å². The lowest BCUT2D eigenvalue weighted by atomic mass is 10.1. The number of urea groups is 1. The van der Waals surface area contributed by atoms with Crippen LogP contribution in [0.4, 0.5) is 10.5 Å². The molecule has 2 amide bonds. The summed E-state index contributed by atoms with van der Waals surface area (Å²) in [6, 6.07) is 6.62. The molecule has 1 saturated heterocycles. The third kappa shape index (κ3) is 4.77. The zero-order chi connectivity index (χ0) is 18.7. The predicted octanol–water partition coefficient (Wildman–Crippen LogP) is 4.48. The van der Waals surface area contributed by atoms with Crippen molar-refractivity contribution in [3.05, 3.63) is 45.8 Å². The van der Waals surface area contributed by atoms with Gasteiger partial charge in [0.1, 0.15) is 11.9 Å². The lowest BCUT2D eigenvalue weighted by Crippen LogP contribution is -2.46. The number of rotatable bonds is 3. The summed E-state index contributed by atoms with van der Waals surface area (Å²) in [5.74, 6) is 1.22. The Hall–Kier alpha value is -2.05. The number of amides is 2. The SMILES string of the molecule is Cc1cc(OC2CCCN(C(=O)Nc3ccc(Cl)c(Cl)c3)C2)nc(C)n1. The lowest BCUT2D eigenvalue weighted by Gasteiger charge is -2.32. The van der Waals surface area contributed by atoms with Gasteiger partial charge in [0, 0.05) is 24.0 Å². The third-order valence-corrected chi connectivity index (χ3v) is 4.81. The molecule has 1 aliphatic heterocycles. The standard InChI is InChI=1S/C18H20Cl2N4O2/c1-11-8-17(22-12(2)21-11)26-14-4-3-7-24(10-14)18(25)23-13-5-6-15(19)16(20)9-13/h5-6,8-9,14H,3-4,7,10H2,1-2H3,(H,23,25). The number of nitrogens with zero attached hydrogens (tertiary/aromatic N) is 3. The number of ether oxygens (including phenoxy) is 1. The van der Waals surface area contributed by atoms with E-state index in [2.05, 4.69) is 15.3 Å². The first-order chi connectivity index (χ1) is 12.4. The number of carbonyl (C=O) groups excluding carboxylic acids is 1. The van der Waals surface area contributed by atoms with Gasteiger partial charge >= 0.3 is 6.03 Å². The molecule has 0 radical (unpaired) electrons. The summed E-state index contributed by atoms with van der Waals surface area (Å²) < 4.78 is 5.97. The number of aromatic nitrogens is 2. The van der Waals surface area contributed by atoms with Crippen molar-refractivity contribution in [2.75, 3.05) is 18.4 Å². The summed E-state index contributed by atoms with van der Waals surface area (Å²) in [5, 5.41) is 3.70. The van der Waals surface area contributed by atoms with E-state index < -0.39 is 0 Å². The molecule has 1 fully saturated rings. The van der Waals surface area contributed by atoms with Crippen LogP contribution in [0.15, 0.2) is 24.3 Å². The summed E-state index contributed by atoms with van der Waals surface area (Å²) in [4.78, 5) is 22.8. The van der Waals surface area contributed by atoms with E-state index >= 15 is 0 Å². The smallest absolute Gasteiger partial charge is 0.321 e. The highest BCUT2D eigenvalue weighted by Crippen LogP contribution is 2.25.